The molecule has 0 fully saturated rings. The van der Waals surface area contributed by atoms with E-state index in [2.05, 4.69) is 0 Å². The van der Waals surface area contributed by atoms with Crippen LogP contribution in [0.5, 0.6) is 0 Å². The fourth-order valence-electron chi connectivity index (χ4n) is 0.248. The van der Waals surface area contributed by atoms with Crippen LogP contribution in [-0.2, 0) is 0 Å². The van der Waals surface area contributed by atoms with Crippen LogP contribution in [0.2, 0.25) is 0 Å². The Balaban J connectivity index is 3.46. The third-order valence-electron chi connectivity index (χ3n) is 0.552. The first-order valence-electron chi connectivity index (χ1n) is 2.32. The number of hydrogen-bond donors (Lipinski definition) is 1. The van der Waals surface area contributed by atoms with Gasteiger partial charge in [-0.05, 0) is 19.9 Å². The SMILES string of the molecule is CC=CC=C(C)N. The van der Waals surface area contributed by atoms with Crippen LogP contribution >= 0.6 is 0 Å². The van der Waals surface area contributed by atoms with Crippen LogP contribution in [0.3, 0.4) is 0 Å². The summed E-state index contributed by atoms with van der Waals surface area (Å²) in [5.74, 6) is 0. The lowest BCUT2D eigenvalue weighted by Crippen LogP contribution is -1.87. The molecule has 0 spiro atoms. The zero-order valence-corrected chi connectivity index (χ0v) is 4.81. The van der Waals surface area contributed by atoms with Crippen molar-refractivity contribution in [1.82, 2.24) is 0 Å². The summed E-state index contributed by atoms with van der Waals surface area (Å²) in [5, 5.41) is 0. The van der Waals surface area contributed by atoms with Gasteiger partial charge in [-0.3, -0.25) is 0 Å². The maximum Gasteiger partial charge on any atom is 0.00487 e. The van der Waals surface area contributed by atoms with Gasteiger partial charge in [0.05, 0.1) is 0 Å². The molecule has 0 amide bonds. The molecule has 0 bridgehead atoms. The second-order valence-electron chi connectivity index (χ2n) is 1.44. The standard InChI is InChI=1S/C6H11N/c1-3-4-5-6(2)7/h3-5H,7H2,1-2H3. The highest BCUT2D eigenvalue weighted by molar-refractivity contribution is 5.06. The van der Waals surface area contributed by atoms with Crippen molar-refractivity contribution in [3.05, 3.63) is 23.9 Å². The summed E-state index contributed by atoms with van der Waals surface area (Å²) < 4.78 is 0. The maximum atomic E-state index is 5.29. The van der Waals surface area contributed by atoms with Crippen LogP contribution in [0.4, 0.5) is 0 Å². The number of hydrogen-bond acceptors (Lipinski definition) is 1. The molecule has 0 atom stereocenters. The van der Waals surface area contributed by atoms with Gasteiger partial charge in [0.2, 0.25) is 0 Å². The van der Waals surface area contributed by atoms with Crippen LogP contribution < -0.4 is 5.73 Å². The molecule has 0 aliphatic carbocycles. The predicted octanol–water partition coefficient (Wildman–Crippen LogP) is 1.43. The molecule has 0 aromatic heterocycles. The first-order chi connectivity index (χ1) is 3.27. The monoisotopic (exact) mass is 97.1 g/mol. The van der Waals surface area contributed by atoms with E-state index in [0.29, 0.717) is 0 Å². The topological polar surface area (TPSA) is 26.0 Å². The van der Waals surface area contributed by atoms with Crippen molar-refractivity contribution >= 4 is 0 Å². The van der Waals surface area contributed by atoms with Gasteiger partial charge in [-0.25, -0.2) is 0 Å². The largest absolute Gasteiger partial charge is 0.402 e. The summed E-state index contributed by atoms with van der Waals surface area (Å²) in [5.41, 5.74) is 6.13. The van der Waals surface area contributed by atoms with E-state index in [4.69, 9.17) is 5.73 Å². The lowest BCUT2D eigenvalue weighted by Gasteiger charge is -1.79. The molecule has 0 aromatic carbocycles. The van der Waals surface area contributed by atoms with Gasteiger partial charge in [-0.1, -0.05) is 12.2 Å². The Morgan fingerprint density at radius 3 is 2.29 bits per heavy atom. The molecule has 0 aliphatic heterocycles. The molecule has 1 nitrogen and oxygen atoms in total. The maximum absolute atomic E-state index is 5.29. The predicted molar refractivity (Wildman–Crippen MR) is 32.8 cm³/mol. The highest BCUT2D eigenvalue weighted by Crippen LogP contribution is 1.79. The van der Waals surface area contributed by atoms with Gasteiger partial charge in [0.25, 0.3) is 0 Å². The molecular weight excluding hydrogens is 86.1 g/mol. The first kappa shape index (κ1) is 6.28. The summed E-state index contributed by atoms with van der Waals surface area (Å²) in [4.78, 5) is 0. The van der Waals surface area contributed by atoms with Crippen LogP contribution in [0.15, 0.2) is 23.9 Å². The summed E-state index contributed by atoms with van der Waals surface area (Å²) in [6.45, 7) is 3.82. The quantitative estimate of drug-likeness (QED) is 0.492. The minimum absolute atomic E-state index is 0.845. The molecule has 1 heteroatoms. The molecule has 40 valence electrons. The fraction of sp³-hybridized carbons (Fsp3) is 0.333. The van der Waals surface area contributed by atoms with E-state index in [1.807, 2.05) is 32.1 Å². The van der Waals surface area contributed by atoms with Crippen LogP contribution in [0, 0.1) is 0 Å². The molecule has 0 radical (unpaired) electrons. The lowest BCUT2D eigenvalue weighted by atomic mass is 10.4. The molecule has 0 saturated heterocycles. The Labute approximate surface area is 44.5 Å². The summed E-state index contributed by atoms with van der Waals surface area (Å²) in [7, 11) is 0. The Morgan fingerprint density at radius 2 is 2.14 bits per heavy atom. The smallest absolute Gasteiger partial charge is 0.00487 e. The minimum atomic E-state index is 0.845. The summed E-state index contributed by atoms with van der Waals surface area (Å²) in [6.07, 6.45) is 5.71. The van der Waals surface area contributed by atoms with Crippen molar-refractivity contribution in [3.8, 4) is 0 Å². The molecule has 2 N–H and O–H groups in total. The lowest BCUT2D eigenvalue weighted by molar-refractivity contribution is 1.32. The zero-order chi connectivity index (χ0) is 5.70. The van der Waals surface area contributed by atoms with Crippen LogP contribution in [0.1, 0.15) is 13.8 Å². The molecule has 0 unspecified atom stereocenters. The van der Waals surface area contributed by atoms with Crippen molar-refractivity contribution < 1.29 is 0 Å². The van der Waals surface area contributed by atoms with Crippen molar-refractivity contribution in [3.63, 3.8) is 0 Å². The van der Waals surface area contributed by atoms with Gasteiger partial charge in [0, 0.05) is 5.70 Å². The number of allylic oxidation sites excluding steroid dienone is 4. The van der Waals surface area contributed by atoms with E-state index in [9.17, 15) is 0 Å². The zero-order valence-electron chi connectivity index (χ0n) is 4.81. The normalized spacial score (nSPS) is 13.1. The highest BCUT2D eigenvalue weighted by Gasteiger charge is 1.65. The van der Waals surface area contributed by atoms with Gasteiger partial charge < -0.3 is 5.73 Å². The van der Waals surface area contributed by atoms with E-state index >= 15 is 0 Å². The van der Waals surface area contributed by atoms with E-state index in [1.54, 1.807) is 0 Å². The van der Waals surface area contributed by atoms with Gasteiger partial charge >= 0.3 is 0 Å². The third kappa shape index (κ3) is 5.28. The fourth-order valence-corrected chi connectivity index (χ4v) is 0.248. The van der Waals surface area contributed by atoms with E-state index in [-0.39, 0.29) is 0 Å². The molecule has 0 aliphatic rings. The Kier molecular flexibility index (Phi) is 3.11. The van der Waals surface area contributed by atoms with Crippen molar-refractivity contribution in [2.75, 3.05) is 0 Å². The van der Waals surface area contributed by atoms with Gasteiger partial charge in [0.15, 0.2) is 0 Å². The first-order valence-corrected chi connectivity index (χ1v) is 2.32. The molecule has 0 heterocycles. The second-order valence-corrected chi connectivity index (χ2v) is 1.44. The van der Waals surface area contributed by atoms with Crippen molar-refractivity contribution in [2.45, 2.75) is 13.8 Å². The van der Waals surface area contributed by atoms with Crippen molar-refractivity contribution in [2.24, 2.45) is 5.73 Å². The third-order valence-corrected chi connectivity index (χ3v) is 0.552. The van der Waals surface area contributed by atoms with E-state index in [0.717, 1.165) is 5.70 Å². The Bertz CT molecular complexity index is 86.4. The second kappa shape index (κ2) is 3.47. The Hall–Kier alpha value is -0.720. The molecule has 0 saturated carbocycles. The average molecular weight is 97.2 g/mol. The molecule has 0 aromatic rings. The van der Waals surface area contributed by atoms with Crippen molar-refractivity contribution in [1.29, 1.82) is 0 Å². The summed E-state index contributed by atoms with van der Waals surface area (Å²) >= 11 is 0. The van der Waals surface area contributed by atoms with Gasteiger partial charge in [0.1, 0.15) is 0 Å². The minimum Gasteiger partial charge on any atom is -0.402 e. The molecule has 7 heavy (non-hydrogen) atoms. The van der Waals surface area contributed by atoms with E-state index < -0.39 is 0 Å². The van der Waals surface area contributed by atoms with Gasteiger partial charge in [-0.2, -0.15) is 0 Å². The summed E-state index contributed by atoms with van der Waals surface area (Å²) in [6, 6.07) is 0. The van der Waals surface area contributed by atoms with Crippen LogP contribution in [-0.4, -0.2) is 0 Å². The average Bonchev–Trinajstić information content (AvgIpc) is 1.61. The van der Waals surface area contributed by atoms with Crippen LogP contribution in [0.25, 0.3) is 0 Å². The number of nitrogens with two attached hydrogens (primary N) is 1. The molecular formula is C6H11N. The number of rotatable bonds is 1. The van der Waals surface area contributed by atoms with Gasteiger partial charge in [-0.15, -0.1) is 0 Å². The van der Waals surface area contributed by atoms with E-state index in [1.165, 1.54) is 0 Å². The highest BCUT2D eigenvalue weighted by atomic mass is 14.5. The molecule has 0 rings (SSSR count). The Morgan fingerprint density at radius 1 is 1.57 bits per heavy atom.